The molecule has 2 rings (SSSR count). The number of anilines is 1. The quantitative estimate of drug-likeness (QED) is 0.837. The van der Waals surface area contributed by atoms with Crippen LogP contribution in [0, 0.1) is 23.6 Å². The number of amides is 1. The van der Waals surface area contributed by atoms with E-state index >= 15 is 0 Å². The third kappa shape index (κ3) is 3.81. The molecular weight excluding hydrogens is 273 g/mol. The Labute approximate surface area is 123 Å². The summed E-state index contributed by atoms with van der Waals surface area (Å²) in [7, 11) is 0. The first-order chi connectivity index (χ1) is 10.2. The molecule has 5 heteroatoms. The van der Waals surface area contributed by atoms with Gasteiger partial charge in [0.05, 0.1) is 17.6 Å². The lowest BCUT2D eigenvalue weighted by atomic mass is 9.98. The standard InChI is InChI=1S/C16H18FNO3/c1-2-15-13(7-9-21-15)16(20)18-12-5-6-14(17)11(10-12)4-3-8-19/h5-6,10,13,15,19H,2,7-9H2,1H3,(H,18,20). The highest BCUT2D eigenvalue weighted by Crippen LogP contribution is 2.25. The number of hydrogen-bond acceptors (Lipinski definition) is 3. The predicted molar refractivity (Wildman–Crippen MR) is 77.1 cm³/mol. The minimum atomic E-state index is -0.482. The van der Waals surface area contributed by atoms with Crippen molar-refractivity contribution in [2.45, 2.75) is 25.9 Å². The molecule has 1 amide bonds. The Balaban J connectivity index is 2.10. The second-order valence-corrected chi connectivity index (χ2v) is 4.86. The minimum absolute atomic E-state index is 0.0564. The first-order valence-corrected chi connectivity index (χ1v) is 6.97. The lowest BCUT2D eigenvalue weighted by Crippen LogP contribution is -2.29. The molecule has 0 aromatic heterocycles. The van der Waals surface area contributed by atoms with Crippen LogP contribution < -0.4 is 5.32 Å². The van der Waals surface area contributed by atoms with Crippen molar-refractivity contribution >= 4 is 11.6 Å². The maximum absolute atomic E-state index is 13.5. The molecule has 1 fully saturated rings. The van der Waals surface area contributed by atoms with Gasteiger partial charge in [-0.05, 0) is 31.0 Å². The first-order valence-electron chi connectivity index (χ1n) is 6.97. The molecule has 4 nitrogen and oxygen atoms in total. The smallest absolute Gasteiger partial charge is 0.230 e. The zero-order valence-electron chi connectivity index (χ0n) is 11.9. The van der Waals surface area contributed by atoms with Crippen LogP contribution in [0.15, 0.2) is 18.2 Å². The van der Waals surface area contributed by atoms with Crippen LogP contribution in [0.2, 0.25) is 0 Å². The Kier molecular flexibility index (Phi) is 5.32. The van der Waals surface area contributed by atoms with Gasteiger partial charge in [-0.15, -0.1) is 0 Å². The number of hydrogen-bond donors (Lipinski definition) is 2. The van der Waals surface area contributed by atoms with Crippen LogP contribution in [0.5, 0.6) is 0 Å². The van der Waals surface area contributed by atoms with Gasteiger partial charge in [0.15, 0.2) is 0 Å². The van der Waals surface area contributed by atoms with Crippen molar-refractivity contribution in [1.82, 2.24) is 0 Å². The van der Waals surface area contributed by atoms with Gasteiger partial charge in [-0.25, -0.2) is 4.39 Å². The van der Waals surface area contributed by atoms with Crippen LogP contribution in [-0.4, -0.2) is 30.3 Å². The van der Waals surface area contributed by atoms with Crippen molar-refractivity contribution in [2.75, 3.05) is 18.5 Å². The average molecular weight is 291 g/mol. The summed E-state index contributed by atoms with van der Waals surface area (Å²) in [6, 6.07) is 4.21. The molecule has 112 valence electrons. The van der Waals surface area contributed by atoms with Gasteiger partial charge >= 0.3 is 0 Å². The zero-order chi connectivity index (χ0) is 15.2. The number of halogens is 1. The van der Waals surface area contributed by atoms with Crippen LogP contribution in [-0.2, 0) is 9.53 Å². The summed E-state index contributed by atoms with van der Waals surface area (Å²) >= 11 is 0. The molecule has 0 saturated carbocycles. The van der Waals surface area contributed by atoms with E-state index in [4.69, 9.17) is 9.84 Å². The van der Waals surface area contributed by atoms with Gasteiger partial charge in [0.25, 0.3) is 0 Å². The van der Waals surface area contributed by atoms with Crippen molar-refractivity contribution in [1.29, 1.82) is 0 Å². The van der Waals surface area contributed by atoms with E-state index in [1.165, 1.54) is 18.2 Å². The van der Waals surface area contributed by atoms with Crippen molar-refractivity contribution in [2.24, 2.45) is 5.92 Å². The van der Waals surface area contributed by atoms with E-state index in [0.29, 0.717) is 18.7 Å². The van der Waals surface area contributed by atoms with Crippen molar-refractivity contribution in [3.05, 3.63) is 29.6 Å². The van der Waals surface area contributed by atoms with Crippen molar-refractivity contribution < 1.29 is 19.0 Å². The van der Waals surface area contributed by atoms with E-state index in [1.54, 1.807) is 0 Å². The number of aliphatic hydroxyl groups excluding tert-OH is 1. The molecule has 0 radical (unpaired) electrons. The molecule has 0 spiro atoms. The molecule has 1 heterocycles. The third-order valence-electron chi connectivity index (χ3n) is 3.48. The van der Waals surface area contributed by atoms with Gasteiger partial charge in [-0.2, -0.15) is 0 Å². The summed E-state index contributed by atoms with van der Waals surface area (Å²) in [6.07, 6.45) is 1.43. The highest BCUT2D eigenvalue weighted by molar-refractivity contribution is 5.93. The number of aliphatic hydroxyl groups is 1. The number of carbonyl (C=O) groups is 1. The predicted octanol–water partition coefficient (Wildman–Crippen LogP) is 1.92. The zero-order valence-corrected chi connectivity index (χ0v) is 11.9. The topological polar surface area (TPSA) is 58.6 Å². The monoisotopic (exact) mass is 291 g/mol. The largest absolute Gasteiger partial charge is 0.384 e. The number of benzene rings is 1. The van der Waals surface area contributed by atoms with Gasteiger partial charge in [-0.3, -0.25) is 4.79 Å². The van der Waals surface area contributed by atoms with Crippen molar-refractivity contribution in [3.8, 4) is 11.8 Å². The van der Waals surface area contributed by atoms with E-state index in [9.17, 15) is 9.18 Å². The minimum Gasteiger partial charge on any atom is -0.384 e. The second kappa shape index (κ2) is 7.21. The summed E-state index contributed by atoms with van der Waals surface area (Å²) in [5, 5.41) is 11.4. The molecule has 1 aliphatic rings. The molecule has 21 heavy (non-hydrogen) atoms. The molecule has 2 atom stereocenters. The van der Waals surface area contributed by atoms with Crippen LogP contribution in [0.1, 0.15) is 25.3 Å². The average Bonchev–Trinajstić information content (AvgIpc) is 2.96. The molecule has 2 N–H and O–H groups in total. The molecule has 1 aromatic rings. The summed E-state index contributed by atoms with van der Waals surface area (Å²) < 4.78 is 19.0. The molecule has 2 unspecified atom stereocenters. The second-order valence-electron chi connectivity index (χ2n) is 4.86. The lowest BCUT2D eigenvalue weighted by Gasteiger charge is -2.16. The molecule has 1 saturated heterocycles. The summed E-state index contributed by atoms with van der Waals surface area (Å²) in [5.74, 6) is 4.13. The van der Waals surface area contributed by atoms with Crippen LogP contribution >= 0.6 is 0 Å². The molecule has 0 aliphatic carbocycles. The van der Waals surface area contributed by atoms with Crippen LogP contribution in [0.3, 0.4) is 0 Å². The highest BCUT2D eigenvalue weighted by atomic mass is 19.1. The van der Waals surface area contributed by atoms with Crippen molar-refractivity contribution in [3.63, 3.8) is 0 Å². The number of nitrogens with one attached hydrogen (secondary N) is 1. The summed E-state index contributed by atoms with van der Waals surface area (Å²) in [5.41, 5.74) is 0.641. The Bertz CT molecular complexity index is 577. The highest BCUT2D eigenvalue weighted by Gasteiger charge is 2.32. The third-order valence-corrected chi connectivity index (χ3v) is 3.48. The summed E-state index contributed by atoms with van der Waals surface area (Å²) in [4.78, 5) is 12.2. The van der Waals surface area contributed by atoms with Gasteiger partial charge in [0.2, 0.25) is 5.91 Å². The number of carbonyl (C=O) groups excluding carboxylic acids is 1. The summed E-state index contributed by atoms with van der Waals surface area (Å²) in [6.45, 7) is 2.23. The van der Waals surface area contributed by atoms with E-state index < -0.39 is 5.82 Å². The normalized spacial score (nSPS) is 20.7. The van der Waals surface area contributed by atoms with Gasteiger partial charge < -0.3 is 15.2 Å². The Morgan fingerprint density at radius 3 is 3.10 bits per heavy atom. The number of ether oxygens (including phenoxy) is 1. The Morgan fingerprint density at radius 1 is 1.57 bits per heavy atom. The van der Waals surface area contributed by atoms with E-state index in [0.717, 1.165) is 6.42 Å². The maximum Gasteiger partial charge on any atom is 0.230 e. The fraction of sp³-hybridized carbons (Fsp3) is 0.438. The van der Waals surface area contributed by atoms with Crippen LogP contribution in [0.25, 0.3) is 0 Å². The lowest BCUT2D eigenvalue weighted by molar-refractivity contribution is -0.121. The van der Waals surface area contributed by atoms with Crippen LogP contribution in [0.4, 0.5) is 10.1 Å². The molecular formula is C16H18FNO3. The van der Waals surface area contributed by atoms with Gasteiger partial charge in [0, 0.05) is 12.3 Å². The SMILES string of the molecule is CCC1OCCC1C(=O)Nc1ccc(F)c(C#CCO)c1. The molecule has 1 aromatic carbocycles. The first kappa shape index (κ1) is 15.5. The van der Waals surface area contributed by atoms with E-state index in [1.807, 2.05) is 6.92 Å². The van der Waals surface area contributed by atoms with E-state index in [-0.39, 0.29) is 30.1 Å². The molecule has 0 bridgehead atoms. The van der Waals surface area contributed by atoms with Gasteiger partial charge in [-0.1, -0.05) is 18.8 Å². The Morgan fingerprint density at radius 2 is 2.38 bits per heavy atom. The molecule has 1 aliphatic heterocycles. The van der Waals surface area contributed by atoms with E-state index in [2.05, 4.69) is 17.2 Å². The fourth-order valence-electron chi connectivity index (χ4n) is 2.42. The number of rotatable bonds is 3. The van der Waals surface area contributed by atoms with Gasteiger partial charge in [0.1, 0.15) is 12.4 Å². The fourth-order valence-corrected chi connectivity index (χ4v) is 2.42. The Hall–Kier alpha value is -1.90. The maximum atomic E-state index is 13.5.